The summed E-state index contributed by atoms with van der Waals surface area (Å²) in [6, 6.07) is 29.7. The molecule has 0 unspecified atom stereocenters. The van der Waals surface area contributed by atoms with E-state index < -0.39 is 0 Å². The standard InChI is InChI=1S/C28H27ClN4O/c1-20(23-10-6-3-7-11-23)30-18-22-12-14-25(29)26(16-22)33-28(34)24-13-15-27(32-19-24)31-17-21-8-4-2-5-9-21/h2-16,19-20,30H,17-18H2,1H3,(H,31,32)(H,33,34)/t20-/m1/s1. The summed E-state index contributed by atoms with van der Waals surface area (Å²) in [5.41, 5.74) is 4.45. The van der Waals surface area contributed by atoms with Crippen LogP contribution in [0.3, 0.4) is 0 Å². The molecule has 0 saturated heterocycles. The molecule has 3 N–H and O–H groups in total. The lowest BCUT2D eigenvalue weighted by Gasteiger charge is -2.15. The number of hydrogen-bond acceptors (Lipinski definition) is 4. The molecule has 0 aliphatic carbocycles. The summed E-state index contributed by atoms with van der Waals surface area (Å²) < 4.78 is 0. The molecule has 3 aromatic carbocycles. The Hall–Kier alpha value is -3.67. The smallest absolute Gasteiger partial charge is 0.257 e. The van der Waals surface area contributed by atoms with E-state index in [0.29, 0.717) is 35.2 Å². The molecule has 4 aromatic rings. The number of amides is 1. The van der Waals surface area contributed by atoms with Crippen LogP contribution in [-0.4, -0.2) is 10.9 Å². The molecule has 0 aliphatic rings. The summed E-state index contributed by atoms with van der Waals surface area (Å²) in [7, 11) is 0. The van der Waals surface area contributed by atoms with Crippen molar-refractivity contribution in [1.82, 2.24) is 10.3 Å². The first kappa shape index (κ1) is 23.5. The van der Waals surface area contributed by atoms with Crippen LogP contribution in [0.1, 0.15) is 40.0 Å². The highest BCUT2D eigenvalue weighted by Gasteiger charge is 2.11. The van der Waals surface area contributed by atoms with Crippen molar-refractivity contribution in [1.29, 1.82) is 0 Å². The SMILES string of the molecule is C[C@@H](NCc1ccc(Cl)c(NC(=O)c2ccc(NCc3ccccc3)nc2)c1)c1ccccc1. The van der Waals surface area contributed by atoms with Gasteiger partial charge in [0.25, 0.3) is 5.91 Å². The van der Waals surface area contributed by atoms with Crippen LogP contribution in [0.15, 0.2) is 97.2 Å². The number of nitrogens with one attached hydrogen (secondary N) is 3. The summed E-state index contributed by atoms with van der Waals surface area (Å²) in [4.78, 5) is 17.1. The zero-order chi connectivity index (χ0) is 23.8. The van der Waals surface area contributed by atoms with Crippen LogP contribution in [0.4, 0.5) is 11.5 Å². The molecule has 0 bridgehead atoms. The minimum Gasteiger partial charge on any atom is -0.366 e. The molecule has 34 heavy (non-hydrogen) atoms. The monoisotopic (exact) mass is 470 g/mol. The molecule has 1 atom stereocenters. The van der Waals surface area contributed by atoms with Gasteiger partial charge < -0.3 is 16.0 Å². The molecule has 1 amide bonds. The Bertz CT molecular complexity index is 1210. The maximum atomic E-state index is 12.8. The van der Waals surface area contributed by atoms with E-state index in [9.17, 15) is 4.79 Å². The summed E-state index contributed by atoms with van der Waals surface area (Å²) in [5, 5.41) is 10.2. The van der Waals surface area contributed by atoms with E-state index in [-0.39, 0.29) is 11.9 Å². The number of anilines is 2. The second kappa shape index (κ2) is 11.5. The van der Waals surface area contributed by atoms with Gasteiger partial charge in [0.05, 0.1) is 16.3 Å². The van der Waals surface area contributed by atoms with Crippen molar-refractivity contribution in [2.45, 2.75) is 26.1 Å². The van der Waals surface area contributed by atoms with Crippen LogP contribution in [0, 0.1) is 0 Å². The first-order valence-electron chi connectivity index (χ1n) is 11.2. The number of aromatic nitrogens is 1. The summed E-state index contributed by atoms with van der Waals surface area (Å²) >= 11 is 6.35. The molecule has 1 aromatic heterocycles. The van der Waals surface area contributed by atoms with E-state index in [0.717, 1.165) is 11.1 Å². The number of carbonyl (C=O) groups excluding carboxylic acids is 1. The number of pyridine rings is 1. The molecule has 0 fully saturated rings. The fraction of sp³-hybridized carbons (Fsp3) is 0.143. The van der Waals surface area contributed by atoms with Gasteiger partial charge in [0.15, 0.2) is 0 Å². The molecule has 1 heterocycles. The van der Waals surface area contributed by atoms with Gasteiger partial charge in [0, 0.05) is 25.3 Å². The third-order valence-electron chi connectivity index (χ3n) is 5.53. The van der Waals surface area contributed by atoms with Crippen molar-refractivity contribution < 1.29 is 4.79 Å². The van der Waals surface area contributed by atoms with Gasteiger partial charge in [-0.2, -0.15) is 0 Å². The van der Waals surface area contributed by atoms with Crippen LogP contribution in [0.2, 0.25) is 5.02 Å². The molecule has 5 nitrogen and oxygen atoms in total. The Morgan fingerprint density at radius 3 is 2.32 bits per heavy atom. The molecule has 4 rings (SSSR count). The fourth-order valence-electron chi connectivity index (χ4n) is 3.52. The van der Waals surface area contributed by atoms with Crippen LogP contribution in [-0.2, 0) is 13.1 Å². The first-order valence-corrected chi connectivity index (χ1v) is 11.6. The summed E-state index contributed by atoms with van der Waals surface area (Å²) in [6.07, 6.45) is 1.56. The Labute approximate surface area is 205 Å². The summed E-state index contributed by atoms with van der Waals surface area (Å²) in [6.45, 7) is 3.44. The molecule has 0 saturated carbocycles. The maximum Gasteiger partial charge on any atom is 0.257 e. The van der Waals surface area contributed by atoms with Gasteiger partial charge in [0.1, 0.15) is 5.82 Å². The van der Waals surface area contributed by atoms with Gasteiger partial charge in [-0.3, -0.25) is 4.79 Å². The zero-order valence-corrected chi connectivity index (χ0v) is 19.7. The number of benzene rings is 3. The highest BCUT2D eigenvalue weighted by molar-refractivity contribution is 6.34. The van der Waals surface area contributed by atoms with E-state index >= 15 is 0 Å². The average molecular weight is 471 g/mol. The Morgan fingerprint density at radius 1 is 0.882 bits per heavy atom. The van der Waals surface area contributed by atoms with E-state index in [2.05, 4.69) is 40.0 Å². The third-order valence-corrected chi connectivity index (χ3v) is 5.86. The van der Waals surface area contributed by atoms with E-state index in [1.165, 1.54) is 5.56 Å². The van der Waals surface area contributed by atoms with Crippen molar-refractivity contribution in [3.8, 4) is 0 Å². The second-order valence-electron chi connectivity index (χ2n) is 8.05. The maximum absolute atomic E-state index is 12.8. The first-order chi connectivity index (χ1) is 16.6. The van der Waals surface area contributed by atoms with E-state index in [1.54, 1.807) is 24.4 Å². The molecule has 172 valence electrons. The zero-order valence-electron chi connectivity index (χ0n) is 19.0. The highest BCUT2D eigenvalue weighted by Crippen LogP contribution is 2.24. The minimum atomic E-state index is -0.258. The average Bonchev–Trinajstić information content (AvgIpc) is 2.89. The molecule has 0 radical (unpaired) electrons. The van der Waals surface area contributed by atoms with Crippen molar-refractivity contribution in [3.63, 3.8) is 0 Å². The van der Waals surface area contributed by atoms with Gasteiger partial charge in [-0.1, -0.05) is 78.3 Å². The third kappa shape index (κ3) is 6.44. The van der Waals surface area contributed by atoms with Gasteiger partial charge in [-0.25, -0.2) is 4.98 Å². The van der Waals surface area contributed by atoms with Crippen LogP contribution < -0.4 is 16.0 Å². The summed E-state index contributed by atoms with van der Waals surface area (Å²) in [5.74, 6) is 0.450. The minimum absolute atomic E-state index is 0.204. The van der Waals surface area contributed by atoms with Gasteiger partial charge in [-0.05, 0) is 47.9 Å². The molecule has 0 aliphatic heterocycles. The number of hydrogen-bond donors (Lipinski definition) is 3. The molecular formula is C28H27ClN4O. The van der Waals surface area contributed by atoms with E-state index in [1.807, 2.05) is 60.7 Å². The highest BCUT2D eigenvalue weighted by atomic mass is 35.5. The van der Waals surface area contributed by atoms with Crippen LogP contribution in [0.5, 0.6) is 0 Å². The fourth-order valence-corrected chi connectivity index (χ4v) is 3.69. The van der Waals surface area contributed by atoms with Crippen LogP contribution >= 0.6 is 11.6 Å². The van der Waals surface area contributed by atoms with Crippen molar-refractivity contribution in [3.05, 3.63) is 124 Å². The van der Waals surface area contributed by atoms with Gasteiger partial charge in [0.2, 0.25) is 0 Å². The normalized spacial score (nSPS) is 11.6. The molecular weight excluding hydrogens is 444 g/mol. The Balaban J connectivity index is 1.34. The number of nitrogens with zero attached hydrogens (tertiary/aromatic N) is 1. The van der Waals surface area contributed by atoms with Gasteiger partial charge in [-0.15, -0.1) is 0 Å². The number of halogens is 1. The lowest BCUT2D eigenvalue weighted by molar-refractivity contribution is 0.102. The van der Waals surface area contributed by atoms with Crippen molar-refractivity contribution >= 4 is 29.0 Å². The lowest BCUT2D eigenvalue weighted by atomic mass is 10.1. The molecule has 0 spiro atoms. The van der Waals surface area contributed by atoms with E-state index in [4.69, 9.17) is 11.6 Å². The quantitative estimate of drug-likeness (QED) is 0.263. The van der Waals surface area contributed by atoms with Crippen LogP contribution in [0.25, 0.3) is 0 Å². The second-order valence-corrected chi connectivity index (χ2v) is 8.46. The van der Waals surface area contributed by atoms with Crippen molar-refractivity contribution in [2.24, 2.45) is 0 Å². The number of carbonyl (C=O) groups is 1. The Morgan fingerprint density at radius 2 is 1.62 bits per heavy atom. The van der Waals surface area contributed by atoms with Crippen molar-refractivity contribution in [2.75, 3.05) is 10.6 Å². The topological polar surface area (TPSA) is 66.0 Å². The largest absolute Gasteiger partial charge is 0.366 e. The predicted octanol–water partition coefficient (Wildman–Crippen LogP) is 6.45. The number of rotatable bonds is 9. The Kier molecular flexibility index (Phi) is 7.91. The molecule has 6 heteroatoms. The predicted molar refractivity (Wildman–Crippen MR) is 139 cm³/mol. The van der Waals surface area contributed by atoms with Gasteiger partial charge >= 0.3 is 0 Å². The lowest BCUT2D eigenvalue weighted by Crippen LogP contribution is -2.18.